The molecular formula is C24H18BBrO2. The molecule has 2 N–H and O–H groups in total. The van der Waals surface area contributed by atoms with Gasteiger partial charge in [-0.25, -0.2) is 0 Å². The van der Waals surface area contributed by atoms with E-state index >= 15 is 0 Å². The summed E-state index contributed by atoms with van der Waals surface area (Å²) in [6, 6.07) is 27.1. The van der Waals surface area contributed by atoms with Crippen molar-refractivity contribution in [3.63, 3.8) is 0 Å². The van der Waals surface area contributed by atoms with Crippen molar-refractivity contribution in [2.24, 2.45) is 0 Å². The lowest BCUT2D eigenvalue weighted by Gasteiger charge is -2.30. The fourth-order valence-corrected chi connectivity index (χ4v) is 5.60. The van der Waals surface area contributed by atoms with Crippen molar-refractivity contribution in [3.8, 4) is 11.1 Å². The molecule has 1 atom stereocenters. The molecule has 1 unspecified atom stereocenters. The van der Waals surface area contributed by atoms with Gasteiger partial charge >= 0.3 is 7.12 Å². The SMILES string of the molecule is CC1(c2cccc3ccccc23)c2ccccc2-c2cc(B(O)O)cc(Br)c21. The molecule has 0 fully saturated rings. The number of hydrogen-bond acceptors (Lipinski definition) is 2. The van der Waals surface area contributed by atoms with Crippen LogP contribution >= 0.6 is 15.9 Å². The average molecular weight is 429 g/mol. The second-order valence-corrected chi connectivity index (χ2v) is 8.35. The Morgan fingerprint density at radius 2 is 1.46 bits per heavy atom. The van der Waals surface area contributed by atoms with Gasteiger partial charge in [0.1, 0.15) is 0 Å². The van der Waals surface area contributed by atoms with Crippen LogP contribution in [0.5, 0.6) is 0 Å². The van der Waals surface area contributed by atoms with E-state index in [2.05, 4.69) is 83.5 Å². The van der Waals surface area contributed by atoms with Crippen LogP contribution in [0.1, 0.15) is 23.6 Å². The Labute approximate surface area is 172 Å². The Bertz CT molecular complexity index is 1230. The second-order valence-electron chi connectivity index (χ2n) is 7.50. The number of hydrogen-bond donors (Lipinski definition) is 2. The van der Waals surface area contributed by atoms with Crippen LogP contribution < -0.4 is 5.46 Å². The number of halogens is 1. The van der Waals surface area contributed by atoms with E-state index in [1.165, 1.54) is 21.9 Å². The third-order valence-corrected chi connectivity index (χ3v) is 6.62. The normalized spacial score (nSPS) is 17.4. The molecule has 0 amide bonds. The summed E-state index contributed by atoms with van der Waals surface area (Å²) in [5, 5.41) is 21.9. The van der Waals surface area contributed by atoms with Crippen LogP contribution in [-0.2, 0) is 5.41 Å². The Balaban J connectivity index is 1.91. The minimum atomic E-state index is -1.50. The maximum Gasteiger partial charge on any atom is 0.488 e. The van der Waals surface area contributed by atoms with Crippen LogP contribution in [0.2, 0.25) is 0 Å². The molecular weight excluding hydrogens is 411 g/mol. The van der Waals surface area contributed by atoms with Crippen LogP contribution in [0.3, 0.4) is 0 Å². The molecule has 4 heteroatoms. The first-order valence-electron chi connectivity index (χ1n) is 9.30. The van der Waals surface area contributed by atoms with Gasteiger partial charge in [-0.05, 0) is 57.0 Å². The Morgan fingerprint density at radius 3 is 2.29 bits per heavy atom. The molecule has 2 nitrogen and oxygen atoms in total. The molecule has 0 aliphatic heterocycles. The van der Waals surface area contributed by atoms with Gasteiger partial charge in [-0.3, -0.25) is 0 Å². The van der Waals surface area contributed by atoms with E-state index in [9.17, 15) is 10.0 Å². The monoisotopic (exact) mass is 428 g/mol. The summed E-state index contributed by atoms with van der Waals surface area (Å²) in [4.78, 5) is 0. The molecule has 5 rings (SSSR count). The zero-order valence-corrected chi connectivity index (χ0v) is 16.9. The van der Waals surface area contributed by atoms with E-state index in [1.807, 2.05) is 18.2 Å². The number of rotatable bonds is 2. The summed E-state index contributed by atoms with van der Waals surface area (Å²) >= 11 is 3.74. The van der Waals surface area contributed by atoms with Gasteiger partial charge in [0.05, 0.1) is 0 Å². The van der Waals surface area contributed by atoms with Gasteiger partial charge in [0.2, 0.25) is 0 Å². The highest BCUT2D eigenvalue weighted by molar-refractivity contribution is 9.10. The average Bonchev–Trinajstić information content (AvgIpc) is 2.98. The Kier molecular flexibility index (Phi) is 3.99. The molecule has 0 bridgehead atoms. The maximum absolute atomic E-state index is 9.75. The standard InChI is InChI=1S/C24H18BBrO2/c1-24(20-12-6-8-15-7-2-3-9-17(15)20)21-11-5-4-10-18(21)19-13-16(25(27)28)14-22(26)23(19)24/h2-14,27-28H,1H3. The van der Waals surface area contributed by atoms with Crippen LogP contribution in [-0.4, -0.2) is 17.2 Å². The fourth-order valence-electron chi connectivity index (χ4n) is 4.73. The zero-order valence-electron chi connectivity index (χ0n) is 15.4. The number of fused-ring (bicyclic) bond motifs is 4. The highest BCUT2D eigenvalue weighted by Gasteiger charge is 2.43. The van der Waals surface area contributed by atoms with E-state index < -0.39 is 7.12 Å². The highest BCUT2D eigenvalue weighted by atomic mass is 79.9. The topological polar surface area (TPSA) is 40.5 Å². The highest BCUT2D eigenvalue weighted by Crippen LogP contribution is 2.55. The van der Waals surface area contributed by atoms with E-state index in [0.29, 0.717) is 5.46 Å². The minimum Gasteiger partial charge on any atom is -0.423 e. The quantitative estimate of drug-likeness (QED) is 0.457. The maximum atomic E-state index is 9.75. The summed E-state index contributed by atoms with van der Waals surface area (Å²) in [6.45, 7) is 2.26. The summed E-state index contributed by atoms with van der Waals surface area (Å²) in [6.07, 6.45) is 0. The van der Waals surface area contributed by atoms with Crippen molar-refractivity contribution in [2.75, 3.05) is 0 Å². The van der Waals surface area contributed by atoms with E-state index in [0.717, 1.165) is 21.2 Å². The molecule has 1 aliphatic rings. The first kappa shape index (κ1) is 17.7. The summed E-state index contributed by atoms with van der Waals surface area (Å²) in [5.74, 6) is 0. The first-order valence-corrected chi connectivity index (χ1v) is 10.1. The van der Waals surface area contributed by atoms with Crippen molar-refractivity contribution in [1.29, 1.82) is 0 Å². The first-order chi connectivity index (χ1) is 13.5. The molecule has 28 heavy (non-hydrogen) atoms. The van der Waals surface area contributed by atoms with E-state index in [-0.39, 0.29) is 5.41 Å². The van der Waals surface area contributed by atoms with Crippen molar-refractivity contribution in [3.05, 3.63) is 100 Å². The van der Waals surface area contributed by atoms with Gasteiger partial charge in [-0.1, -0.05) is 88.7 Å². The lowest BCUT2D eigenvalue weighted by Crippen LogP contribution is -2.31. The van der Waals surface area contributed by atoms with E-state index in [4.69, 9.17) is 0 Å². The van der Waals surface area contributed by atoms with Gasteiger partial charge in [0.15, 0.2) is 0 Å². The lowest BCUT2D eigenvalue weighted by atomic mass is 9.71. The molecule has 136 valence electrons. The summed E-state index contributed by atoms with van der Waals surface area (Å²) in [5.41, 5.74) is 5.95. The number of benzene rings is 4. The van der Waals surface area contributed by atoms with Crippen molar-refractivity contribution < 1.29 is 10.0 Å². The van der Waals surface area contributed by atoms with Crippen LogP contribution in [0, 0.1) is 0 Å². The van der Waals surface area contributed by atoms with Crippen LogP contribution in [0.4, 0.5) is 0 Å². The fraction of sp³-hybridized carbons (Fsp3) is 0.0833. The van der Waals surface area contributed by atoms with Gasteiger partial charge in [0, 0.05) is 9.89 Å². The van der Waals surface area contributed by atoms with Crippen molar-refractivity contribution >= 4 is 39.3 Å². The third kappa shape index (κ3) is 2.35. The zero-order chi connectivity index (χ0) is 19.5. The van der Waals surface area contributed by atoms with Crippen LogP contribution in [0.15, 0.2) is 83.3 Å². The Morgan fingerprint density at radius 1 is 0.786 bits per heavy atom. The van der Waals surface area contributed by atoms with Crippen LogP contribution in [0.25, 0.3) is 21.9 Å². The molecule has 0 heterocycles. The smallest absolute Gasteiger partial charge is 0.423 e. The molecule has 0 spiro atoms. The van der Waals surface area contributed by atoms with Gasteiger partial charge in [0.25, 0.3) is 0 Å². The molecule has 0 saturated heterocycles. The van der Waals surface area contributed by atoms with Crippen molar-refractivity contribution in [1.82, 2.24) is 0 Å². The Hall–Kier alpha value is -2.40. The van der Waals surface area contributed by atoms with Gasteiger partial charge in [-0.15, -0.1) is 0 Å². The molecule has 4 aromatic rings. The summed E-state index contributed by atoms with van der Waals surface area (Å²) in [7, 11) is -1.50. The molecule has 1 aliphatic carbocycles. The molecule has 0 aromatic heterocycles. The third-order valence-electron chi connectivity index (χ3n) is 5.99. The molecule has 0 saturated carbocycles. The minimum absolute atomic E-state index is 0.357. The molecule has 0 radical (unpaired) electrons. The second kappa shape index (κ2) is 6.31. The van der Waals surface area contributed by atoms with E-state index in [1.54, 1.807) is 0 Å². The van der Waals surface area contributed by atoms with Gasteiger partial charge in [-0.2, -0.15) is 0 Å². The lowest BCUT2D eigenvalue weighted by molar-refractivity contribution is 0.425. The van der Waals surface area contributed by atoms with Gasteiger partial charge < -0.3 is 10.0 Å². The predicted octanol–water partition coefficient (Wildman–Crippen LogP) is 4.62. The largest absolute Gasteiger partial charge is 0.488 e. The summed E-state index contributed by atoms with van der Waals surface area (Å²) < 4.78 is 0.889. The predicted molar refractivity (Wildman–Crippen MR) is 119 cm³/mol. The van der Waals surface area contributed by atoms with Crippen molar-refractivity contribution in [2.45, 2.75) is 12.3 Å². The molecule has 4 aromatic carbocycles.